The minimum Gasteiger partial charge on any atom is -0.466 e. The second-order valence-electron chi connectivity index (χ2n) is 9.46. The summed E-state index contributed by atoms with van der Waals surface area (Å²) < 4.78 is 5.56. The van der Waals surface area contributed by atoms with Gasteiger partial charge in [0.1, 0.15) is 11.4 Å². The molecule has 32 heavy (non-hydrogen) atoms. The van der Waals surface area contributed by atoms with E-state index in [4.69, 9.17) is 4.42 Å². The first-order chi connectivity index (χ1) is 15.6. The van der Waals surface area contributed by atoms with Gasteiger partial charge in [-0.1, -0.05) is 36.4 Å². The number of amides is 1. The summed E-state index contributed by atoms with van der Waals surface area (Å²) >= 11 is 0. The standard InChI is InChI=1S/C27H28N2O3/c30-26(18-28-21-13-14-22(28)17-27(31,16-21)25-10-5-15-32-25)29-23-8-3-1-6-19(23)11-12-20-7-2-4-9-24(20)29/h1-10,15,21-22,31H,11-14,16-18H2/t21-,22-/m1/s1. The van der Waals surface area contributed by atoms with E-state index < -0.39 is 5.60 Å². The fourth-order valence-corrected chi connectivity index (χ4v) is 6.09. The maximum atomic E-state index is 13.9. The predicted octanol–water partition coefficient (Wildman–Crippen LogP) is 4.56. The van der Waals surface area contributed by atoms with E-state index in [0.29, 0.717) is 25.1 Å². The number of carbonyl (C=O) groups is 1. The summed E-state index contributed by atoms with van der Waals surface area (Å²) in [4.78, 5) is 18.1. The van der Waals surface area contributed by atoms with Gasteiger partial charge in [-0.25, -0.2) is 0 Å². The molecule has 5 heteroatoms. The highest BCUT2D eigenvalue weighted by atomic mass is 16.4. The number of carbonyl (C=O) groups excluding carboxylic acids is 1. The van der Waals surface area contributed by atoms with Gasteiger partial charge >= 0.3 is 0 Å². The van der Waals surface area contributed by atoms with E-state index in [1.165, 1.54) is 11.1 Å². The monoisotopic (exact) mass is 428 g/mol. The van der Waals surface area contributed by atoms with Crippen LogP contribution in [-0.4, -0.2) is 34.5 Å². The van der Waals surface area contributed by atoms with Crippen LogP contribution in [0.2, 0.25) is 0 Å². The van der Waals surface area contributed by atoms with Crippen LogP contribution in [-0.2, 0) is 23.2 Å². The normalized spacial score (nSPS) is 27.0. The molecule has 2 fully saturated rings. The molecule has 4 heterocycles. The molecule has 1 aromatic heterocycles. The third-order valence-electron chi connectivity index (χ3n) is 7.59. The molecular weight excluding hydrogens is 400 g/mol. The smallest absolute Gasteiger partial charge is 0.245 e. The molecule has 3 aliphatic heterocycles. The highest BCUT2D eigenvalue weighted by Crippen LogP contribution is 2.46. The third-order valence-corrected chi connectivity index (χ3v) is 7.59. The van der Waals surface area contributed by atoms with E-state index in [1.807, 2.05) is 29.2 Å². The van der Waals surface area contributed by atoms with Gasteiger partial charge < -0.3 is 9.52 Å². The molecule has 2 bridgehead atoms. The third kappa shape index (κ3) is 3.19. The van der Waals surface area contributed by atoms with E-state index in [2.05, 4.69) is 41.3 Å². The van der Waals surface area contributed by atoms with Crippen molar-refractivity contribution >= 4 is 17.3 Å². The number of aliphatic hydroxyl groups is 1. The second kappa shape index (κ2) is 7.61. The molecule has 0 unspecified atom stereocenters. The summed E-state index contributed by atoms with van der Waals surface area (Å²) in [7, 11) is 0. The van der Waals surface area contributed by atoms with Crippen LogP contribution in [0.4, 0.5) is 11.4 Å². The van der Waals surface area contributed by atoms with Crippen LogP contribution in [0.15, 0.2) is 71.3 Å². The fourth-order valence-electron chi connectivity index (χ4n) is 6.09. The lowest BCUT2D eigenvalue weighted by Crippen LogP contribution is -2.52. The molecule has 2 atom stereocenters. The van der Waals surface area contributed by atoms with Crippen molar-refractivity contribution in [2.75, 3.05) is 11.4 Å². The number of rotatable bonds is 3. The molecule has 0 aliphatic carbocycles. The van der Waals surface area contributed by atoms with Gasteiger partial charge in [0.15, 0.2) is 0 Å². The molecule has 0 radical (unpaired) electrons. The second-order valence-corrected chi connectivity index (χ2v) is 9.46. The molecule has 2 aromatic carbocycles. The Hall–Kier alpha value is -2.89. The molecule has 3 aromatic rings. The number of furan rings is 1. The highest BCUT2D eigenvalue weighted by Gasteiger charge is 2.50. The van der Waals surface area contributed by atoms with Crippen LogP contribution in [0.3, 0.4) is 0 Å². The summed E-state index contributed by atoms with van der Waals surface area (Å²) in [6, 6.07) is 20.6. The molecule has 0 saturated carbocycles. The topological polar surface area (TPSA) is 56.9 Å². The molecular formula is C27H28N2O3. The van der Waals surface area contributed by atoms with Gasteiger partial charge in [0.2, 0.25) is 5.91 Å². The van der Waals surface area contributed by atoms with Crippen LogP contribution < -0.4 is 4.90 Å². The number of hydrogen-bond donors (Lipinski definition) is 1. The number of para-hydroxylation sites is 2. The van der Waals surface area contributed by atoms with Crippen molar-refractivity contribution in [1.29, 1.82) is 0 Å². The van der Waals surface area contributed by atoms with Crippen molar-refractivity contribution < 1.29 is 14.3 Å². The number of fused-ring (bicyclic) bond motifs is 4. The Kier molecular flexibility index (Phi) is 4.70. The SMILES string of the molecule is O=C(CN1[C@@H]2CC[C@@H]1CC(O)(c1ccco1)C2)N1c2ccccc2CCc2ccccc21. The molecule has 164 valence electrons. The van der Waals surface area contributed by atoms with Crippen LogP contribution in [0, 0.1) is 0 Å². The molecule has 2 saturated heterocycles. The molecule has 3 aliphatic rings. The van der Waals surface area contributed by atoms with E-state index in [0.717, 1.165) is 37.1 Å². The summed E-state index contributed by atoms with van der Waals surface area (Å²) in [5, 5.41) is 11.3. The predicted molar refractivity (Wildman–Crippen MR) is 123 cm³/mol. The van der Waals surface area contributed by atoms with E-state index in [1.54, 1.807) is 6.26 Å². The van der Waals surface area contributed by atoms with Crippen molar-refractivity contribution in [2.45, 2.75) is 56.2 Å². The summed E-state index contributed by atoms with van der Waals surface area (Å²) in [5.74, 6) is 0.753. The first-order valence-corrected chi connectivity index (χ1v) is 11.6. The Morgan fingerprint density at radius 3 is 2.06 bits per heavy atom. The van der Waals surface area contributed by atoms with Crippen molar-refractivity contribution in [1.82, 2.24) is 4.90 Å². The minimum atomic E-state index is -0.934. The number of nitrogens with zero attached hydrogens (tertiary/aromatic N) is 2. The van der Waals surface area contributed by atoms with Crippen molar-refractivity contribution in [3.05, 3.63) is 83.8 Å². The lowest BCUT2D eigenvalue weighted by atomic mass is 9.84. The number of aryl methyl sites for hydroxylation is 2. The van der Waals surface area contributed by atoms with Gasteiger partial charge in [0.25, 0.3) is 0 Å². The summed E-state index contributed by atoms with van der Waals surface area (Å²) in [5.41, 5.74) is 3.49. The molecule has 0 spiro atoms. The van der Waals surface area contributed by atoms with Gasteiger partial charge in [0, 0.05) is 12.1 Å². The van der Waals surface area contributed by atoms with Gasteiger partial charge in [0.05, 0.1) is 24.2 Å². The molecule has 1 N–H and O–H groups in total. The Morgan fingerprint density at radius 2 is 1.50 bits per heavy atom. The maximum Gasteiger partial charge on any atom is 0.245 e. The fraction of sp³-hybridized carbons (Fsp3) is 0.370. The zero-order chi connectivity index (χ0) is 21.7. The van der Waals surface area contributed by atoms with Crippen LogP contribution in [0.25, 0.3) is 0 Å². The zero-order valence-electron chi connectivity index (χ0n) is 18.1. The van der Waals surface area contributed by atoms with Gasteiger partial charge in [-0.3, -0.25) is 14.6 Å². The summed E-state index contributed by atoms with van der Waals surface area (Å²) in [6.45, 7) is 0.367. The number of hydrogen-bond acceptors (Lipinski definition) is 4. The molecule has 5 nitrogen and oxygen atoms in total. The maximum absolute atomic E-state index is 13.9. The Bertz CT molecular complexity index is 1080. The summed E-state index contributed by atoms with van der Waals surface area (Å²) in [6.07, 6.45) is 6.72. The number of piperidine rings is 1. The quantitative estimate of drug-likeness (QED) is 0.665. The highest BCUT2D eigenvalue weighted by molar-refractivity contribution is 6.03. The van der Waals surface area contributed by atoms with Gasteiger partial charge in [-0.05, 0) is 73.9 Å². The lowest BCUT2D eigenvalue weighted by molar-refractivity contribution is -0.123. The van der Waals surface area contributed by atoms with E-state index >= 15 is 0 Å². The van der Waals surface area contributed by atoms with E-state index in [-0.39, 0.29) is 18.0 Å². The van der Waals surface area contributed by atoms with Gasteiger partial charge in [-0.2, -0.15) is 0 Å². The zero-order valence-corrected chi connectivity index (χ0v) is 18.1. The van der Waals surface area contributed by atoms with Crippen molar-refractivity contribution in [3.8, 4) is 0 Å². The Labute approximate surface area is 188 Å². The van der Waals surface area contributed by atoms with Crippen molar-refractivity contribution in [2.24, 2.45) is 0 Å². The molecule has 6 rings (SSSR count). The van der Waals surface area contributed by atoms with Gasteiger partial charge in [-0.15, -0.1) is 0 Å². The average Bonchev–Trinajstić information content (AvgIpc) is 3.38. The first kappa shape index (κ1) is 19.8. The van der Waals surface area contributed by atoms with Crippen LogP contribution in [0.5, 0.6) is 0 Å². The Balaban J connectivity index is 1.30. The lowest BCUT2D eigenvalue weighted by Gasteiger charge is -2.43. The largest absolute Gasteiger partial charge is 0.466 e. The number of benzene rings is 2. The van der Waals surface area contributed by atoms with E-state index in [9.17, 15) is 9.90 Å². The van der Waals surface area contributed by atoms with Crippen molar-refractivity contribution in [3.63, 3.8) is 0 Å². The minimum absolute atomic E-state index is 0.104. The molecule has 1 amide bonds. The Morgan fingerprint density at radius 1 is 0.906 bits per heavy atom. The number of anilines is 2. The average molecular weight is 429 g/mol. The first-order valence-electron chi connectivity index (χ1n) is 11.6. The van der Waals surface area contributed by atoms with Crippen LogP contribution >= 0.6 is 0 Å². The van der Waals surface area contributed by atoms with Crippen LogP contribution in [0.1, 0.15) is 42.6 Å².